The van der Waals surface area contributed by atoms with E-state index in [1.165, 1.54) is 11.3 Å². The van der Waals surface area contributed by atoms with Crippen LogP contribution >= 0.6 is 11.3 Å². The lowest BCUT2D eigenvalue weighted by Crippen LogP contribution is -1.94. The van der Waals surface area contributed by atoms with E-state index in [1.54, 1.807) is 6.08 Å². The number of thiazole rings is 1. The van der Waals surface area contributed by atoms with Crippen LogP contribution in [0.15, 0.2) is 45.6 Å². The number of H-pyrrole nitrogens is 1. The van der Waals surface area contributed by atoms with Crippen molar-refractivity contribution in [3.63, 3.8) is 0 Å². The Bertz CT molecular complexity index is 661. The fourth-order valence-corrected chi connectivity index (χ4v) is 2.13. The zero-order chi connectivity index (χ0) is 13.0. The maximum Gasteiger partial charge on any atom is 0.439 e. The lowest BCUT2D eigenvalue weighted by atomic mass is 10.2. The zero-order valence-corrected chi connectivity index (χ0v) is 10.5. The van der Waals surface area contributed by atoms with Crippen molar-refractivity contribution in [1.29, 1.82) is 0 Å². The number of rotatable bonds is 4. The van der Waals surface area contributed by atoms with Crippen LogP contribution in [-0.2, 0) is 0 Å². The van der Waals surface area contributed by atoms with Gasteiger partial charge in [0.15, 0.2) is 5.01 Å². The Labute approximate surface area is 107 Å². The van der Waals surface area contributed by atoms with Crippen molar-refractivity contribution in [1.82, 2.24) is 15.1 Å². The van der Waals surface area contributed by atoms with Gasteiger partial charge in [0.05, 0.1) is 5.69 Å². The Morgan fingerprint density at radius 2 is 2.44 bits per heavy atom. The second-order valence-electron chi connectivity index (χ2n) is 3.34. The van der Waals surface area contributed by atoms with Crippen LogP contribution < -0.4 is 5.76 Å². The molecule has 0 aliphatic heterocycles. The van der Waals surface area contributed by atoms with Crippen LogP contribution in [0.5, 0.6) is 0 Å². The van der Waals surface area contributed by atoms with Crippen LogP contribution in [0.3, 0.4) is 0 Å². The van der Waals surface area contributed by atoms with Crippen molar-refractivity contribution in [2.75, 3.05) is 0 Å². The summed E-state index contributed by atoms with van der Waals surface area (Å²) in [7, 11) is 0. The largest absolute Gasteiger partial charge is 0.439 e. The molecule has 0 aromatic carbocycles. The third-order valence-electron chi connectivity index (χ3n) is 2.09. The Morgan fingerprint density at radius 3 is 3.06 bits per heavy atom. The standard InChI is InChI=1S/C12H11N3O2S/c1-3-5-8(6-4-2)9-7-18-11(13-9)10-14-12(16)17-15-10/h3-7H,1H2,2H3,(H,14,15,16)/b6-4-,8-5+. The highest BCUT2D eigenvalue weighted by Gasteiger charge is 2.10. The summed E-state index contributed by atoms with van der Waals surface area (Å²) in [5.74, 6) is -0.244. The first-order valence-corrected chi connectivity index (χ1v) is 6.10. The normalized spacial score (nSPS) is 12.2. The molecule has 2 rings (SSSR count). The highest BCUT2D eigenvalue weighted by molar-refractivity contribution is 7.13. The molecule has 0 aliphatic rings. The van der Waals surface area contributed by atoms with Gasteiger partial charge in [0, 0.05) is 11.0 Å². The molecule has 0 saturated heterocycles. The minimum absolute atomic E-state index is 0.342. The summed E-state index contributed by atoms with van der Waals surface area (Å²) in [6.07, 6.45) is 7.43. The Hall–Kier alpha value is -2.21. The van der Waals surface area contributed by atoms with E-state index in [0.717, 1.165) is 11.3 Å². The molecular formula is C12H11N3O2S. The molecular weight excluding hydrogens is 250 g/mol. The molecule has 18 heavy (non-hydrogen) atoms. The molecule has 0 unspecified atom stereocenters. The van der Waals surface area contributed by atoms with Crippen LogP contribution in [0, 0.1) is 0 Å². The van der Waals surface area contributed by atoms with E-state index in [4.69, 9.17) is 0 Å². The van der Waals surface area contributed by atoms with Gasteiger partial charge in [-0.3, -0.25) is 9.51 Å². The van der Waals surface area contributed by atoms with Crippen molar-refractivity contribution in [2.24, 2.45) is 0 Å². The fraction of sp³-hybridized carbons (Fsp3) is 0.0833. The number of nitrogens with one attached hydrogen (secondary N) is 1. The maximum absolute atomic E-state index is 10.9. The number of aromatic amines is 1. The van der Waals surface area contributed by atoms with E-state index in [2.05, 4.69) is 26.2 Å². The highest BCUT2D eigenvalue weighted by atomic mass is 32.1. The minimum Gasteiger partial charge on any atom is -0.295 e. The first-order valence-electron chi connectivity index (χ1n) is 5.22. The number of hydrogen-bond donors (Lipinski definition) is 1. The van der Waals surface area contributed by atoms with Gasteiger partial charge >= 0.3 is 5.76 Å². The average Bonchev–Trinajstić information content (AvgIpc) is 2.97. The lowest BCUT2D eigenvalue weighted by molar-refractivity contribution is 0.388. The maximum atomic E-state index is 10.9. The second kappa shape index (κ2) is 5.42. The van der Waals surface area contributed by atoms with Crippen molar-refractivity contribution in [2.45, 2.75) is 6.92 Å². The van der Waals surface area contributed by atoms with Crippen molar-refractivity contribution >= 4 is 16.9 Å². The quantitative estimate of drug-likeness (QED) is 0.859. The first-order chi connectivity index (χ1) is 8.74. The van der Waals surface area contributed by atoms with E-state index >= 15 is 0 Å². The molecule has 2 heterocycles. The summed E-state index contributed by atoms with van der Waals surface area (Å²) >= 11 is 1.38. The predicted octanol–water partition coefficient (Wildman–Crippen LogP) is 2.63. The molecule has 2 aromatic rings. The van der Waals surface area contributed by atoms with Crippen LogP contribution in [0.1, 0.15) is 12.6 Å². The van der Waals surface area contributed by atoms with Gasteiger partial charge in [-0.15, -0.1) is 11.3 Å². The van der Waals surface area contributed by atoms with E-state index in [1.807, 2.05) is 30.5 Å². The van der Waals surface area contributed by atoms with E-state index in [9.17, 15) is 4.79 Å². The predicted molar refractivity (Wildman–Crippen MR) is 71.2 cm³/mol. The van der Waals surface area contributed by atoms with Crippen LogP contribution in [0.25, 0.3) is 16.4 Å². The highest BCUT2D eigenvalue weighted by Crippen LogP contribution is 2.24. The molecule has 0 saturated carbocycles. The summed E-state index contributed by atoms with van der Waals surface area (Å²) in [6.45, 7) is 5.60. The summed E-state index contributed by atoms with van der Waals surface area (Å²) in [5.41, 5.74) is 1.75. The molecule has 0 bridgehead atoms. The summed E-state index contributed by atoms with van der Waals surface area (Å²) in [5, 5.41) is 6.09. The van der Waals surface area contributed by atoms with E-state index < -0.39 is 5.76 Å². The molecule has 0 fully saturated rings. The molecule has 2 aromatic heterocycles. The third kappa shape index (κ3) is 2.54. The van der Waals surface area contributed by atoms with E-state index in [-0.39, 0.29) is 0 Å². The second-order valence-corrected chi connectivity index (χ2v) is 4.20. The Morgan fingerprint density at radius 1 is 1.61 bits per heavy atom. The first kappa shape index (κ1) is 12.3. The van der Waals surface area contributed by atoms with E-state index in [0.29, 0.717) is 10.8 Å². The lowest BCUT2D eigenvalue weighted by Gasteiger charge is -1.94. The SMILES string of the molecule is C=C/C=C(\C=C/C)c1csc(-c2noc(=O)[nH]2)n1. The molecule has 0 atom stereocenters. The number of hydrogen-bond acceptors (Lipinski definition) is 5. The van der Waals surface area contributed by atoms with Crippen molar-refractivity contribution in [3.8, 4) is 10.8 Å². The molecule has 5 nitrogen and oxygen atoms in total. The zero-order valence-electron chi connectivity index (χ0n) is 9.71. The topological polar surface area (TPSA) is 71.8 Å². The van der Waals surface area contributed by atoms with Crippen molar-refractivity contribution in [3.05, 3.63) is 52.5 Å². The van der Waals surface area contributed by atoms with Gasteiger partial charge < -0.3 is 0 Å². The van der Waals surface area contributed by atoms with Gasteiger partial charge in [-0.05, 0) is 6.92 Å². The Balaban J connectivity index is 2.38. The van der Waals surface area contributed by atoms with Gasteiger partial charge in [0.25, 0.3) is 0 Å². The smallest absolute Gasteiger partial charge is 0.295 e. The monoisotopic (exact) mass is 261 g/mol. The van der Waals surface area contributed by atoms with Crippen LogP contribution in [0.4, 0.5) is 0 Å². The van der Waals surface area contributed by atoms with Gasteiger partial charge in [-0.25, -0.2) is 9.78 Å². The number of aromatic nitrogens is 3. The van der Waals surface area contributed by atoms with Gasteiger partial charge in [0.1, 0.15) is 0 Å². The molecule has 0 spiro atoms. The van der Waals surface area contributed by atoms with Crippen LogP contribution in [-0.4, -0.2) is 15.1 Å². The molecule has 6 heteroatoms. The number of allylic oxidation sites excluding steroid dienone is 5. The Kier molecular flexibility index (Phi) is 3.69. The van der Waals surface area contributed by atoms with Gasteiger partial charge in [0.2, 0.25) is 5.82 Å². The third-order valence-corrected chi connectivity index (χ3v) is 2.94. The molecule has 0 aliphatic carbocycles. The molecule has 0 amide bonds. The fourth-order valence-electron chi connectivity index (χ4n) is 1.37. The summed E-state index contributed by atoms with van der Waals surface area (Å²) in [4.78, 5) is 17.7. The molecule has 92 valence electrons. The minimum atomic E-state index is -0.586. The summed E-state index contributed by atoms with van der Waals surface area (Å²) in [6, 6.07) is 0. The van der Waals surface area contributed by atoms with Gasteiger partial charge in [-0.2, -0.15) is 0 Å². The molecule has 0 radical (unpaired) electrons. The average molecular weight is 261 g/mol. The van der Waals surface area contributed by atoms with Crippen LogP contribution in [0.2, 0.25) is 0 Å². The molecule has 1 N–H and O–H groups in total. The summed E-state index contributed by atoms with van der Waals surface area (Å²) < 4.78 is 4.44. The van der Waals surface area contributed by atoms with Crippen molar-refractivity contribution < 1.29 is 4.52 Å². The van der Waals surface area contributed by atoms with Gasteiger partial charge in [-0.1, -0.05) is 36.0 Å². The number of nitrogens with zero attached hydrogens (tertiary/aromatic N) is 2.